The monoisotopic (exact) mass is 293 g/mol. The van der Waals surface area contributed by atoms with Gasteiger partial charge in [-0.25, -0.2) is 5.21 Å². The highest BCUT2D eigenvalue weighted by molar-refractivity contribution is 4.49. The summed E-state index contributed by atoms with van der Waals surface area (Å²) in [5.74, 6) is 0.876. The predicted octanol–water partition coefficient (Wildman–Crippen LogP) is 0.841. The third-order valence-electron chi connectivity index (χ3n) is 3.65. The average molecular weight is 294 g/mol. The van der Waals surface area contributed by atoms with Gasteiger partial charge in [0.15, 0.2) is 0 Å². The first-order valence-corrected chi connectivity index (χ1v) is 8.20. The second-order valence-electron chi connectivity index (χ2n) is 6.03. The fourth-order valence-electron chi connectivity index (χ4n) is 2.30. The lowest BCUT2D eigenvalue weighted by molar-refractivity contribution is -1.09. The van der Waals surface area contributed by atoms with Crippen molar-refractivity contribution in [2.24, 2.45) is 5.92 Å². The Hall–Kier alpha value is 0.210. The number of rotatable bonds is 13. The van der Waals surface area contributed by atoms with E-state index in [2.05, 4.69) is 13.8 Å². The number of hydrogen-bond acceptors (Lipinski definition) is 1. The molecule has 118 valence electrons. The molecule has 0 rings (SSSR count). The zero-order valence-corrected chi connectivity index (χ0v) is 14.1. The van der Waals surface area contributed by atoms with Crippen molar-refractivity contribution >= 4 is 0 Å². The van der Waals surface area contributed by atoms with Crippen molar-refractivity contribution in [1.29, 1.82) is 0 Å². The summed E-state index contributed by atoms with van der Waals surface area (Å²) in [5, 5.41) is 10.0. The van der Waals surface area contributed by atoms with E-state index in [1.54, 1.807) is 0 Å². The van der Waals surface area contributed by atoms with Crippen LogP contribution in [0.1, 0.15) is 85.0 Å². The lowest BCUT2D eigenvalue weighted by Gasteiger charge is -2.07. The smallest absolute Gasteiger partial charge is 0.107 e. The van der Waals surface area contributed by atoms with Crippen LogP contribution in [0.5, 0.6) is 0 Å². The number of halogens is 1. The number of unbranched alkanes of at least 4 members (excludes halogenated alkanes) is 8. The minimum atomic E-state index is 0. The van der Waals surface area contributed by atoms with Gasteiger partial charge in [0, 0.05) is 0 Å². The molecule has 0 amide bonds. The molecule has 19 heavy (non-hydrogen) atoms. The normalized spacial score (nSPS) is 12.5. The Balaban J connectivity index is 0. The van der Waals surface area contributed by atoms with E-state index in [4.69, 9.17) is 0 Å². The van der Waals surface area contributed by atoms with E-state index in [1.165, 1.54) is 64.2 Å². The summed E-state index contributed by atoms with van der Waals surface area (Å²) in [5.41, 5.74) is 0. The largest absolute Gasteiger partial charge is 1.00 e. The molecule has 2 N–H and O–H groups in total. The molecule has 1 atom stereocenters. The van der Waals surface area contributed by atoms with E-state index < -0.39 is 0 Å². The molecule has 0 bridgehead atoms. The highest BCUT2D eigenvalue weighted by Crippen LogP contribution is 2.12. The molecular formula is C16H36ClNO. The van der Waals surface area contributed by atoms with Crippen LogP contribution in [0.15, 0.2) is 0 Å². The van der Waals surface area contributed by atoms with Crippen LogP contribution < -0.4 is 17.5 Å². The Kier molecular flexibility index (Phi) is 18.4. The van der Waals surface area contributed by atoms with Gasteiger partial charge in [-0.1, -0.05) is 65.2 Å². The predicted molar refractivity (Wildman–Crippen MR) is 79.2 cm³/mol. The fourth-order valence-corrected chi connectivity index (χ4v) is 2.30. The zero-order chi connectivity index (χ0) is 13.6. The van der Waals surface area contributed by atoms with Crippen LogP contribution in [0.2, 0.25) is 0 Å². The van der Waals surface area contributed by atoms with Gasteiger partial charge < -0.3 is 12.4 Å². The number of nitrogens with one attached hydrogen (secondary N) is 1. The fraction of sp³-hybridized carbons (Fsp3) is 1.00. The van der Waals surface area contributed by atoms with Gasteiger partial charge in [0.1, 0.15) is 13.1 Å². The van der Waals surface area contributed by atoms with Crippen LogP contribution >= 0.6 is 0 Å². The second-order valence-corrected chi connectivity index (χ2v) is 6.03. The van der Waals surface area contributed by atoms with E-state index in [9.17, 15) is 5.21 Å². The lowest BCUT2D eigenvalue weighted by Crippen LogP contribution is -3.09. The van der Waals surface area contributed by atoms with Crippen molar-refractivity contribution in [2.45, 2.75) is 85.0 Å². The van der Waals surface area contributed by atoms with Crippen LogP contribution in [-0.4, -0.2) is 18.3 Å². The maximum absolute atomic E-state index is 9.34. The average Bonchev–Trinajstić information content (AvgIpc) is 2.35. The van der Waals surface area contributed by atoms with Crippen molar-refractivity contribution in [3.05, 3.63) is 0 Å². The highest BCUT2D eigenvalue weighted by atomic mass is 35.5. The van der Waals surface area contributed by atoms with Gasteiger partial charge >= 0.3 is 0 Å². The van der Waals surface area contributed by atoms with Crippen LogP contribution in [0.25, 0.3) is 0 Å². The van der Waals surface area contributed by atoms with Crippen LogP contribution in [0.4, 0.5) is 0 Å². The summed E-state index contributed by atoms with van der Waals surface area (Å²) >= 11 is 0. The van der Waals surface area contributed by atoms with Gasteiger partial charge in [0.2, 0.25) is 0 Å². The molecule has 0 saturated carbocycles. The van der Waals surface area contributed by atoms with Crippen LogP contribution in [0, 0.1) is 5.92 Å². The Morgan fingerprint density at radius 3 is 1.63 bits per heavy atom. The van der Waals surface area contributed by atoms with Crippen LogP contribution in [0.3, 0.4) is 0 Å². The molecule has 0 aliphatic carbocycles. The molecular weight excluding hydrogens is 258 g/mol. The first-order chi connectivity index (χ1) is 8.66. The molecule has 2 nitrogen and oxygen atoms in total. The molecule has 0 aromatic heterocycles. The van der Waals surface area contributed by atoms with Gasteiger partial charge in [0.05, 0.1) is 0 Å². The van der Waals surface area contributed by atoms with E-state index in [0.29, 0.717) is 5.06 Å². The molecule has 0 fully saturated rings. The van der Waals surface area contributed by atoms with Gasteiger partial charge in [-0.05, 0) is 25.7 Å². The first-order valence-electron chi connectivity index (χ1n) is 8.20. The molecule has 0 aromatic rings. The number of hydrogen-bond donors (Lipinski definition) is 2. The van der Waals surface area contributed by atoms with Crippen molar-refractivity contribution in [2.75, 3.05) is 13.1 Å². The zero-order valence-electron chi connectivity index (χ0n) is 13.4. The second kappa shape index (κ2) is 16.3. The number of hydroxylamine groups is 2. The third kappa shape index (κ3) is 18.2. The van der Waals surface area contributed by atoms with Crippen molar-refractivity contribution < 1.29 is 22.7 Å². The van der Waals surface area contributed by atoms with E-state index >= 15 is 0 Å². The molecule has 0 spiro atoms. The Morgan fingerprint density at radius 2 is 1.21 bits per heavy atom. The van der Waals surface area contributed by atoms with E-state index in [-0.39, 0.29) is 12.4 Å². The quantitative estimate of drug-likeness (QED) is 0.382. The molecule has 0 aliphatic rings. The molecule has 1 unspecified atom stereocenters. The maximum Gasteiger partial charge on any atom is 0.107 e. The Bertz CT molecular complexity index is 165. The summed E-state index contributed by atoms with van der Waals surface area (Å²) in [6.07, 6.45) is 13.7. The van der Waals surface area contributed by atoms with Gasteiger partial charge in [-0.2, -0.15) is 5.06 Å². The topological polar surface area (TPSA) is 24.7 Å². The van der Waals surface area contributed by atoms with Crippen molar-refractivity contribution in [3.63, 3.8) is 0 Å². The van der Waals surface area contributed by atoms with Gasteiger partial charge in [-0.3, -0.25) is 0 Å². The summed E-state index contributed by atoms with van der Waals surface area (Å²) in [6.45, 7) is 8.40. The van der Waals surface area contributed by atoms with Gasteiger partial charge in [0.25, 0.3) is 0 Å². The van der Waals surface area contributed by atoms with E-state index in [1.807, 2.05) is 6.92 Å². The highest BCUT2D eigenvalue weighted by Gasteiger charge is 1.99. The SMILES string of the molecule is CC[NH+](O)CCCCCCCCCCCC(C)C.[Cl-]. The molecule has 0 aromatic carbocycles. The van der Waals surface area contributed by atoms with Crippen molar-refractivity contribution in [1.82, 2.24) is 0 Å². The third-order valence-corrected chi connectivity index (χ3v) is 3.65. The van der Waals surface area contributed by atoms with Gasteiger partial charge in [-0.15, -0.1) is 0 Å². The summed E-state index contributed by atoms with van der Waals surface area (Å²) < 4.78 is 0. The van der Waals surface area contributed by atoms with Crippen molar-refractivity contribution in [3.8, 4) is 0 Å². The minimum Gasteiger partial charge on any atom is -1.00 e. The maximum atomic E-state index is 9.34. The molecule has 0 heterocycles. The van der Waals surface area contributed by atoms with E-state index in [0.717, 1.165) is 19.0 Å². The Labute approximate surface area is 127 Å². The Morgan fingerprint density at radius 1 is 0.789 bits per heavy atom. The summed E-state index contributed by atoms with van der Waals surface area (Å²) in [7, 11) is 0. The lowest BCUT2D eigenvalue weighted by atomic mass is 10.0. The molecule has 0 radical (unpaired) electrons. The minimum absolute atomic E-state index is 0. The standard InChI is InChI=1S/C16H35NO.ClH/c1-4-17(18)15-13-11-9-7-5-6-8-10-12-14-16(2)3;/h16,18H,4-15H2,1-3H3;1H. The van der Waals surface area contributed by atoms with Crippen LogP contribution in [-0.2, 0) is 0 Å². The first kappa shape index (κ1) is 21.5. The molecule has 0 aliphatic heterocycles. The summed E-state index contributed by atoms with van der Waals surface area (Å²) in [4.78, 5) is 0. The summed E-state index contributed by atoms with van der Waals surface area (Å²) in [6, 6.07) is 0. The molecule has 0 saturated heterocycles. The molecule has 3 heteroatoms. The number of quaternary nitrogens is 1.